The highest BCUT2D eigenvalue weighted by atomic mass is 32.2. The minimum atomic E-state index is -0.903. The Morgan fingerprint density at radius 3 is 2.74 bits per heavy atom. The molecule has 0 saturated carbocycles. The number of aromatic amines is 1. The Labute approximate surface area is 180 Å². The van der Waals surface area contributed by atoms with Crippen molar-refractivity contribution in [3.63, 3.8) is 0 Å². The van der Waals surface area contributed by atoms with Gasteiger partial charge in [-0.05, 0) is 36.2 Å². The fraction of sp³-hybridized carbons (Fsp3) is 0.227. The van der Waals surface area contributed by atoms with Crippen molar-refractivity contribution in [3.05, 3.63) is 70.9 Å². The lowest BCUT2D eigenvalue weighted by Gasteiger charge is -2.37. The molecule has 31 heavy (non-hydrogen) atoms. The smallest absolute Gasteiger partial charge is 0.289 e. The molecule has 1 aromatic heterocycles. The number of thioether (sulfide) groups is 1. The van der Waals surface area contributed by atoms with E-state index in [0.717, 1.165) is 51.3 Å². The van der Waals surface area contributed by atoms with Crippen LogP contribution in [-0.4, -0.2) is 50.7 Å². The van der Waals surface area contributed by atoms with Crippen LogP contribution in [0.15, 0.2) is 42.5 Å². The zero-order chi connectivity index (χ0) is 21.7. The van der Waals surface area contributed by atoms with Gasteiger partial charge >= 0.3 is 0 Å². The van der Waals surface area contributed by atoms with Crippen LogP contribution in [0.5, 0.6) is 0 Å². The van der Waals surface area contributed by atoms with Gasteiger partial charge in [-0.1, -0.05) is 30.0 Å². The molecule has 3 heterocycles. The Bertz CT molecular complexity index is 1230. The summed E-state index contributed by atoms with van der Waals surface area (Å²) < 4.78 is 28.9. The summed E-state index contributed by atoms with van der Waals surface area (Å²) in [6.45, 7) is -0.175. The number of hydrogen-bond donors (Lipinski definition) is 1. The van der Waals surface area contributed by atoms with E-state index in [1.807, 2.05) is 24.3 Å². The molecule has 0 spiro atoms. The van der Waals surface area contributed by atoms with E-state index >= 15 is 0 Å². The monoisotopic (exact) mass is 441 g/mol. The summed E-state index contributed by atoms with van der Waals surface area (Å²) in [7, 11) is 0. The number of para-hydroxylation sites is 1. The maximum absolute atomic E-state index is 14.8. The van der Waals surface area contributed by atoms with Crippen molar-refractivity contribution < 1.29 is 23.2 Å². The van der Waals surface area contributed by atoms with Crippen LogP contribution in [0.4, 0.5) is 13.6 Å². The van der Waals surface area contributed by atoms with E-state index < -0.39 is 41.3 Å². The van der Waals surface area contributed by atoms with Crippen molar-refractivity contribution in [2.45, 2.75) is 12.5 Å². The van der Waals surface area contributed by atoms with Gasteiger partial charge in [0.25, 0.3) is 5.24 Å². The molecular formula is C22H17F2N3O3S. The molecule has 0 unspecified atom stereocenters. The average molecular weight is 441 g/mol. The molecule has 0 aliphatic carbocycles. The number of halogens is 2. The number of fused-ring (bicyclic) bond motifs is 3. The molecule has 2 aliphatic rings. The summed E-state index contributed by atoms with van der Waals surface area (Å²) in [6, 6.07) is 9.84. The van der Waals surface area contributed by atoms with Gasteiger partial charge in [-0.3, -0.25) is 19.3 Å². The third-order valence-corrected chi connectivity index (χ3v) is 6.60. The topological polar surface area (TPSA) is 73.5 Å². The first-order valence-electron chi connectivity index (χ1n) is 9.75. The molecule has 0 bridgehead atoms. The highest BCUT2D eigenvalue weighted by Crippen LogP contribution is 2.39. The van der Waals surface area contributed by atoms with Gasteiger partial charge in [-0.15, -0.1) is 0 Å². The number of nitrogens with zero attached hydrogens (tertiary/aromatic N) is 2. The molecule has 0 radical (unpaired) electrons. The molecule has 1 fully saturated rings. The molecule has 1 atom stereocenters. The molecule has 5 rings (SSSR count). The van der Waals surface area contributed by atoms with Crippen LogP contribution < -0.4 is 0 Å². The Morgan fingerprint density at radius 1 is 1.16 bits per heavy atom. The second-order valence-electron chi connectivity index (χ2n) is 7.50. The molecule has 3 amide bonds. The van der Waals surface area contributed by atoms with Gasteiger partial charge in [-0.25, -0.2) is 8.78 Å². The van der Waals surface area contributed by atoms with Gasteiger partial charge in [-0.2, -0.15) is 0 Å². The van der Waals surface area contributed by atoms with Crippen LogP contribution in [0.25, 0.3) is 10.9 Å². The maximum atomic E-state index is 14.8. The van der Waals surface area contributed by atoms with E-state index in [0.29, 0.717) is 12.1 Å². The van der Waals surface area contributed by atoms with Crippen LogP contribution >= 0.6 is 11.8 Å². The lowest BCUT2D eigenvalue weighted by Crippen LogP contribution is -2.46. The molecule has 158 valence electrons. The summed E-state index contributed by atoms with van der Waals surface area (Å²) >= 11 is 0.846. The Morgan fingerprint density at radius 2 is 1.97 bits per heavy atom. The molecular weight excluding hydrogens is 424 g/mol. The second kappa shape index (κ2) is 7.49. The van der Waals surface area contributed by atoms with E-state index in [-0.39, 0.29) is 17.9 Å². The number of hydrogen-bond acceptors (Lipinski definition) is 4. The Kier molecular flexibility index (Phi) is 4.77. The molecule has 2 aromatic carbocycles. The molecule has 2 aliphatic heterocycles. The van der Waals surface area contributed by atoms with Crippen LogP contribution in [0.3, 0.4) is 0 Å². The van der Waals surface area contributed by atoms with Gasteiger partial charge in [0.15, 0.2) is 0 Å². The van der Waals surface area contributed by atoms with E-state index in [4.69, 9.17) is 0 Å². The number of rotatable bonds is 3. The Hall–Kier alpha value is -3.20. The molecule has 1 N–H and O–H groups in total. The van der Waals surface area contributed by atoms with Gasteiger partial charge in [0.05, 0.1) is 5.75 Å². The van der Waals surface area contributed by atoms with Crippen LogP contribution in [0.2, 0.25) is 0 Å². The number of benzene rings is 2. The van der Waals surface area contributed by atoms with Crippen molar-refractivity contribution in [3.8, 4) is 0 Å². The Balaban J connectivity index is 1.60. The van der Waals surface area contributed by atoms with Crippen molar-refractivity contribution >= 4 is 39.7 Å². The first kappa shape index (κ1) is 19.7. The number of amides is 3. The molecule has 6 nitrogen and oxygen atoms in total. The number of H-pyrrole nitrogens is 1. The van der Waals surface area contributed by atoms with Crippen molar-refractivity contribution in [1.82, 2.24) is 14.8 Å². The standard InChI is InChI=1S/C22H17F2N3O3S/c23-12-5-6-16(24)15(9-12)21-20-14(13-3-1-2-4-17(13)25-20)7-8-26(21)18(28)10-27-19(29)11-31-22(27)30/h1-6,9,21,25H,7-8,10-11H2/t21-/m1/s1. The lowest BCUT2D eigenvalue weighted by atomic mass is 9.92. The van der Waals surface area contributed by atoms with Gasteiger partial charge < -0.3 is 9.88 Å². The summed E-state index contributed by atoms with van der Waals surface area (Å²) in [4.78, 5) is 42.7. The summed E-state index contributed by atoms with van der Waals surface area (Å²) in [6.07, 6.45) is 0.509. The van der Waals surface area contributed by atoms with Crippen molar-refractivity contribution in [1.29, 1.82) is 0 Å². The highest BCUT2D eigenvalue weighted by Gasteiger charge is 2.39. The maximum Gasteiger partial charge on any atom is 0.289 e. The number of carbonyl (C=O) groups excluding carboxylic acids is 3. The second-order valence-corrected chi connectivity index (χ2v) is 8.43. The quantitative estimate of drug-likeness (QED) is 0.674. The van der Waals surface area contributed by atoms with E-state index in [9.17, 15) is 23.2 Å². The first-order chi connectivity index (χ1) is 14.9. The van der Waals surface area contributed by atoms with Gasteiger partial charge in [0.2, 0.25) is 11.8 Å². The summed E-state index contributed by atoms with van der Waals surface area (Å²) in [5.74, 6) is -2.18. The molecule has 3 aromatic rings. The predicted molar refractivity (Wildman–Crippen MR) is 111 cm³/mol. The number of nitrogens with one attached hydrogen (secondary N) is 1. The largest absolute Gasteiger partial charge is 0.356 e. The predicted octanol–water partition coefficient (Wildman–Crippen LogP) is 3.62. The molecule has 1 saturated heterocycles. The van der Waals surface area contributed by atoms with E-state index in [1.165, 1.54) is 4.90 Å². The number of carbonyl (C=O) groups is 3. The number of imide groups is 1. The summed E-state index contributed by atoms with van der Waals surface area (Å²) in [5, 5.41) is 0.489. The van der Waals surface area contributed by atoms with Gasteiger partial charge in [0, 0.05) is 28.7 Å². The zero-order valence-electron chi connectivity index (χ0n) is 16.2. The highest BCUT2D eigenvalue weighted by molar-refractivity contribution is 8.14. The minimum absolute atomic E-state index is 0.000231. The van der Waals surface area contributed by atoms with Crippen molar-refractivity contribution in [2.24, 2.45) is 0 Å². The van der Waals surface area contributed by atoms with Crippen LogP contribution in [0, 0.1) is 11.6 Å². The van der Waals surface area contributed by atoms with Gasteiger partial charge in [0.1, 0.15) is 24.2 Å². The van der Waals surface area contributed by atoms with Crippen LogP contribution in [0.1, 0.15) is 22.9 Å². The minimum Gasteiger partial charge on any atom is -0.356 e. The lowest BCUT2D eigenvalue weighted by molar-refractivity contribution is -0.138. The first-order valence-corrected chi connectivity index (χ1v) is 10.7. The van der Waals surface area contributed by atoms with E-state index in [1.54, 1.807) is 0 Å². The normalized spacial score (nSPS) is 18.7. The third kappa shape index (κ3) is 3.29. The fourth-order valence-electron chi connectivity index (χ4n) is 4.32. The third-order valence-electron chi connectivity index (χ3n) is 5.74. The zero-order valence-corrected chi connectivity index (χ0v) is 17.0. The number of aromatic nitrogens is 1. The SMILES string of the molecule is O=C1CSC(=O)N1CC(=O)N1CCc2c([nH]c3ccccc23)[C@H]1c1cc(F)ccc1F. The van der Waals surface area contributed by atoms with Crippen molar-refractivity contribution in [2.75, 3.05) is 18.8 Å². The summed E-state index contributed by atoms with van der Waals surface area (Å²) in [5.41, 5.74) is 2.41. The van der Waals surface area contributed by atoms with E-state index in [2.05, 4.69) is 4.98 Å². The van der Waals surface area contributed by atoms with Crippen LogP contribution in [-0.2, 0) is 16.0 Å². The average Bonchev–Trinajstić information content (AvgIpc) is 3.29. The fourth-order valence-corrected chi connectivity index (χ4v) is 5.04. The molecule has 9 heteroatoms.